The maximum absolute atomic E-state index is 13.0. The molecular formula is C16H26N2O2S. The normalized spacial score (nSPS) is 16.0. The summed E-state index contributed by atoms with van der Waals surface area (Å²) in [6.07, 6.45) is 1.95. The second-order valence-corrected chi connectivity index (χ2v) is 8.31. The van der Waals surface area contributed by atoms with Gasteiger partial charge >= 0.3 is 0 Å². The Bertz CT molecular complexity index is 619. The molecule has 0 radical (unpaired) electrons. The lowest BCUT2D eigenvalue weighted by Gasteiger charge is -2.25. The maximum Gasteiger partial charge on any atom is 0.243 e. The molecule has 2 N–H and O–H groups in total. The van der Waals surface area contributed by atoms with Gasteiger partial charge in [0, 0.05) is 19.1 Å². The predicted octanol–water partition coefficient (Wildman–Crippen LogP) is 2.57. The molecule has 1 aliphatic carbocycles. The average Bonchev–Trinajstić information content (AvgIpc) is 3.19. The Morgan fingerprint density at radius 3 is 2.33 bits per heavy atom. The van der Waals surface area contributed by atoms with E-state index >= 15 is 0 Å². The molecule has 21 heavy (non-hydrogen) atoms. The van der Waals surface area contributed by atoms with E-state index in [0.29, 0.717) is 23.9 Å². The molecule has 0 amide bonds. The molecule has 5 heteroatoms. The van der Waals surface area contributed by atoms with Crippen LogP contribution >= 0.6 is 0 Å². The number of hydrogen-bond acceptors (Lipinski definition) is 3. The fraction of sp³-hybridized carbons (Fsp3) is 0.625. The summed E-state index contributed by atoms with van der Waals surface area (Å²) < 4.78 is 27.8. The van der Waals surface area contributed by atoms with Crippen molar-refractivity contribution in [3.05, 3.63) is 28.8 Å². The van der Waals surface area contributed by atoms with Gasteiger partial charge < -0.3 is 5.73 Å². The van der Waals surface area contributed by atoms with Crippen molar-refractivity contribution in [3.63, 3.8) is 0 Å². The quantitative estimate of drug-likeness (QED) is 0.878. The van der Waals surface area contributed by atoms with Crippen LogP contribution in [0.4, 0.5) is 0 Å². The van der Waals surface area contributed by atoms with E-state index in [9.17, 15) is 8.42 Å². The SMILES string of the molecule is Cc1cc(C)c(S(=O)(=O)N(CC(C)C)C2CC2)cc1CN. The molecule has 1 aliphatic rings. The topological polar surface area (TPSA) is 63.4 Å². The number of benzene rings is 1. The van der Waals surface area contributed by atoms with Crippen LogP contribution in [0.3, 0.4) is 0 Å². The molecule has 0 aliphatic heterocycles. The minimum Gasteiger partial charge on any atom is -0.326 e. The highest BCUT2D eigenvalue weighted by atomic mass is 32.2. The van der Waals surface area contributed by atoms with Crippen molar-refractivity contribution < 1.29 is 8.42 Å². The van der Waals surface area contributed by atoms with E-state index < -0.39 is 10.0 Å². The monoisotopic (exact) mass is 310 g/mol. The van der Waals surface area contributed by atoms with E-state index in [0.717, 1.165) is 29.5 Å². The van der Waals surface area contributed by atoms with Gasteiger partial charge in [0.2, 0.25) is 10.0 Å². The first-order valence-electron chi connectivity index (χ1n) is 7.59. The van der Waals surface area contributed by atoms with Gasteiger partial charge in [-0.25, -0.2) is 8.42 Å². The van der Waals surface area contributed by atoms with Crippen LogP contribution in [0, 0.1) is 19.8 Å². The fourth-order valence-corrected chi connectivity index (χ4v) is 4.77. The summed E-state index contributed by atoms with van der Waals surface area (Å²) in [6.45, 7) is 8.88. The number of nitrogens with zero attached hydrogens (tertiary/aromatic N) is 1. The van der Waals surface area contributed by atoms with Gasteiger partial charge in [-0.05, 0) is 55.4 Å². The highest BCUT2D eigenvalue weighted by Crippen LogP contribution is 2.34. The van der Waals surface area contributed by atoms with Gasteiger partial charge in [-0.1, -0.05) is 19.9 Å². The zero-order valence-corrected chi connectivity index (χ0v) is 14.2. The molecule has 0 spiro atoms. The van der Waals surface area contributed by atoms with E-state index in [1.165, 1.54) is 0 Å². The average molecular weight is 310 g/mol. The molecule has 2 rings (SSSR count). The van der Waals surface area contributed by atoms with E-state index in [2.05, 4.69) is 13.8 Å². The molecule has 1 aromatic carbocycles. The Morgan fingerprint density at radius 1 is 1.24 bits per heavy atom. The van der Waals surface area contributed by atoms with Crippen LogP contribution in [-0.4, -0.2) is 25.3 Å². The molecule has 0 bridgehead atoms. The predicted molar refractivity (Wildman–Crippen MR) is 85.6 cm³/mol. The van der Waals surface area contributed by atoms with Crippen LogP contribution < -0.4 is 5.73 Å². The van der Waals surface area contributed by atoms with Gasteiger partial charge in [0.1, 0.15) is 0 Å². The van der Waals surface area contributed by atoms with Crippen molar-refractivity contribution in [2.75, 3.05) is 6.54 Å². The van der Waals surface area contributed by atoms with Crippen LogP contribution in [0.2, 0.25) is 0 Å². The maximum atomic E-state index is 13.0. The number of aryl methyl sites for hydroxylation is 2. The Hall–Kier alpha value is -0.910. The van der Waals surface area contributed by atoms with Gasteiger partial charge in [-0.3, -0.25) is 0 Å². The first kappa shape index (κ1) is 16.5. The number of nitrogens with two attached hydrogens (primary N) is 1. The smallest absolute Gasteiger partial charge is 0.243 e. The van der Waals surface area contributed by atoms with Crippen molar-refractivity contribution >= 4 is 10.0 Å². The van der Waals surface area contributed by atoms with Crippen LogP contribution in [-0.2, 0) is 16.6 Å². The Morgan fingerprint density at radius 2 is 1.86 bits per heavy atom. The third-order valence-corrected chi connectivity index (χ3v) is 6.00. The second-order valence-electron chi connectivity index (χ2n) is 6.45. The standard InChI is InChI=1S/C16H26N2O2S/c1-11(2)10-18(15-5-6-15)21(19,20)16-8-14(9-17)12(3)7-13(16)4/h7-8,11,15H,5-6,9-10,17H2,1-4H3. The van der Waals surface area contributed by atoms with E-state index in [4.69, 9.17) is 5.73 Å². The molecule has 0 saturated heterocycles. The number of sulfonamides is 1. The third-order valence-electron chi connectivity index (χ3n) is 3.94. The summed E-state index contributed by atoms with van der Waals surface area (Å²) in [5.74, 6) is 0.320. The summed E-state index contributed by atoms with van der Waals surface area (Å²) in [5.41, 5.74) is 8.49. The van der Waals surface area contributed by atoms with Crippen molar-refractivity contribution in [3.8, 4) is 0 Å². The van der Waals surface area contributed by atoms with Crippen molar-refractivity contribution in [2.24, 2.45) is 11.7 Å². The third kappa shape index (κ3) is 3.47. The van der Waals surface area contributed by atoms with E-state index in [-0.39, 0.29) is 6.04 Å². The molecule has 0 atom stereocenters. The van der Waals surface area contributed by atoms with Crippen molar-refractivity contribution in [1.82, 2.24) is 4.31 Å². The van der Waals surface area contributed by atoms with Gasteiger partial charge in [-0.2, -0.15) is 4.31 Å². The Labute approximate surface area is 128 Å². The van der Waals surface area contributed by atoms with Gasteiger partial charge in [-0.15, -0.1) is 0 Å². The lowest BCUT2D eigenvalue weighted by atomic mass is 10.1. The lowest BCUT2D eigenvalue weighted by molar-refractivity contribution is 0.360. The highest BCUT2D eigenvalue weighted by molar-refractivity contribution is 7.89. The molecule has 0 heterocycles. The summed E-state index contributed by atoms with van der Waals surface area (Å²) in [6, 6.07) is 3.87. The summed E-state index contributed by atoms with van der Waals surface area (Å²) in [4.78, 5) is 0.418. The van der Waals surface area contributed by atoms with Gasteiger partial charge in [0.05, 0.1) is 4.90 Å². The van der Waals surface area contributed by atoms with Crippen molar-refractivity contribution in [1.29, 1.82) is 0 Å². The zero-order valence-electron chi connectivity index (χ0n) is 13.4. The molecule has 1 aromatic rings. The van der Waals surface area contributed by atoms with Gasteiger partial charge in [0.15, 0.2) is 0 Å². The van der Waals surface area contributed by atoms with E-state index in [1.807, 2.05) is 19.9 Å². The largest absolute Gasteiger partial charge is 0.326 e. The molecule has 1 saturated carbocycles. The van der Waals surface area contributed by atoms with Crippen LogP contribution in [0.25, 0.3) is 0 Å². The summed E-state index contributed by atoms with van der Waals surface area (Å²) in [5, 5.41) is 0. The first-order chi connectivity index (χ1) is 9.77. The molecule has 0 aromatic heterocycles. The number of rotatable bonds is 6. The molecule has 118 valence electrons. The number of hydrogen-bond donors (Lipinski definition) is 1. The van der Waals surface area contributed by atoms with E-state index in [1.54, 1.807) is 10.4 Å². The van der Waals surface area contributed by atoms with Crippen LogP contribution in [0.15, 0.2) is 17.0 Å². The Balaban J connectivity index is 2.46. The minimum absolute atomic E-state index is 0.180. The zero-order chi connectivity index (χ0) is 15.8. The molecule has 0 unspecified atom stereocenters. The molecular weight excluding hydrogens is 284 g/mol. The summed E-state index contributed by atoms with van der Waals surface area (Å²) in [7, 11) is -3.44. The second kappa shape index (κ2) is 6.07. The molecule has 1 fully saturated rings. The lowest BCUT2D eigenvalue weighted by Crippen LogP contribution is -2.36. The minimum atomic E-state index is -3.44. The fourth-order valence-electron chi connectivity index (χ4n) is 2.66. The molecule has 4 nitrogen and oxygen atoms in total. The Kier molecular flexibility index (Phi) is 4.76. The van der Waals surface area contributed by atoms with Crippen molar-refractivity contribution in [2.45, 2.75) is 58.0 Å². The first-order valence-corrected chi connectivity index (χ1v) is 9.03. The highest BCUT2D eigenvalue weighted by Gasteiger charge is 2.38. The van der Waals surface area contributed by atoms with Crippen LogP contribution in [0.1, 0.15) is 43.4 Å². The van der Waals surface area contributed by atoms with Gasteiger partial charge in [0.25, 0.3) is 0 Å². The van der Waals surface area contributed by atoms with Crippen LogP contribution in [0.5, 0.6) is 0 Å². The summed E-state index contributed by atoms with van der Waals surface area (Å²) >= 11 is 0.